The molecule has 28 heavy (non-hydrogen) atoms. The minimum absolute atomic E-state index is 0.189. The molecule has 0 saturated carbocycles. The summed E-state index contributed by atoms with van der Waals surface area (Å²) < 4.78 is 15.4. The second-order valence-electron chi connectivity index (χ2n) is 7.19. The maximum Gasteiger partial charge on any atom is 0.321 e. The van der Waals surface area contributed by atoms with E-state index in [4.69, 9.17) is 0 Å². The first-order valence-corrected chi connectivity index (χ1v) is 9.16. The van der Waals surface area contributed by atoms with Crippen molar-refractivity contribution in [3.63, 3.8) is 0 Å². The van der Waals surface area contributed by atoms with Gasteiger partial charge in [0.15, 0.2) is 5.82 Å². The fourth-order valence-electron chi connectivity index (χ4n) is 3.33. The number of likely N-dealkylation sites (tertiary alicyclic amines) is 1. The standard InChI is InChI=1S/C20H21FN6O/c1-13-3-5-15(6-4-13)9-16-11-26(12-16)20(28)22-17-7-8-18(21)19(10-17)27-14(2)23-24-25-27/h3-8,10,16H,9,11-12H2,1-2H3,(H,22,28). The smallest absolute Gasteiger partial charge is 0.321 e. The van der Waals surface area contributed by atoms with Crippen molar-refractivity contribution in [3.8, 4) is 5.69 Å². The summed E-state index contributed by atoms with van der Waals surface area (Å²) in [5.41, 5.74) is 3.23. The summed E-state index contributed by atoms with van der Waals surface area (Å²) in [6.45, 7) is 5.17. The summed E-state index contributed by atoms with van der Waals surface area (Å²) in [7, 11) is 0. The molecule has 144 valence electrons. The third kappa shape index (κ3) is 3.71. The second-order valence-corrected chi connectivity index (χ2v) is 7.19. The van der Waals surface area contributed by atoms with E-state index < -0.39 is 5.82 Å². The Bertz CT molecular complexity index is 994. The van der Waals surface area contributed by atoms with Crippen molar-refractivity contribution >= 4 is 11.7 Å². The molecule has 2 heterocycles. The molecule has 1 N–H and O–H groups in total. The highest BCUT2D eigenvalue weighted by molar-refractivity contribution is 5.90. The van der Waals surface area contributed by atoms with Crippen molar-refractivity contribution in [1.82, 2.24) is 25.1 Å². The molecule has 1 aliphatic heterocycles. The Kier molecular flexibility index (Phi) is 4.77. The second kappa shape index (κ2) is 7.38. The number of amides is 2. The van der Waals surface area contributed by atoms with Gasteiger partial charge in [-0.05, 0) is 60.4 Å². The normalized spacial score (nSPS) is 14.0. The number of aromatic nitrogens is 4. The summed E-state index contributed by atoms with van der Waals surface area (Å²) in [5.74, 6) is 0.459. The molecule has 0 bridgehead atoms. The van der Waals surface area contributed by atoms with Crippen LogP contribution in [0, 0.1) is 25.6 Å². The monoisotopic (exact) mass is 380 g/mol. The third-order valence-corrected chi connectivity index (χ3v) is 4.94. The fourth-order valence-corrected chi connectivity index (χ4v) is 3.33. The van der Waals surface area contributed by atoms with E-state index in [-0.39, 0.29) is 11.7 Å². The molecule has 1 aromatic heterocycles. The molecule has 2 aromatic carbocycles. The molecule has 4 rings (SSSR count). The third-order valence-electron chi connectivity index (χ3n) is 4.94. The van der Waals surface area contributed by atoms with Gasteiger partial charge < -0.3 is 10.2 Å². The van der Waals surface area contributed by atoms with Gasteiger partial charge in [0.05, 0.1) is 0 Å². The summed E-state index contributed by atoms with van der Waals surface area (Å²) in [6.07, 6.45) is 0.962. The van der Waals surface area contributed by atoms with E-state index in [1.807, 2.05) is 0 Å². The molecule has 8 heteroatoms. The van der Waals surface area contributed by atoms with Crippen LogP contribution >= 0.6 is 0 Å². The number of tetrazole rings is 1. The van der Waals surface area contributed by atoms with Crippen LogP contribution in [0.5, 0.6) is 0 Å². The Morgan fingerprint density at radius 2 is 1.93 bits per heavy atom. The molecular weight excluding hydrogens is 359 g/mol. The molecule has 0 aliphatic carbocycles. The van der Waals surface area contributed by atoms with E-state index in [9.17, 15) is 9.18 Å². The molecule has 2 amide bonds. The molecule has 1 aliphatic rings. The number of hydrogen-bond donors (Lipinski definition) is 1. The fraction of sp³-hybridized carbons (Fsp3) is 0.300. The molecular formula is C20H21FN6O. The lowest BCUT2D eigenvalue weighted by Crippen LogP contribution is -2.52. The van der Waals surface area contributed by atoms with E-state index in [1.165, 1.54) is 34.0 Å². The van der Waals surface area contributed by atoms with Crippen molar-refractivity contribution in [2.45, 2.75) is 20.3 Å². The molecule has 0 atom stereocenters. The SMILES string of the molecule is Cc1ccc(CC2CN(C(=O)Nc3ccc(F)c(-n4nnnc4C)c3)C2)cc1. The Balaban J connectivity index is 1.36. The lowest BCUT2D eigenvalue weighted by Gasteiger charge is -2.39. The van der Waals surface area contributed by atoms with Gasteiger partial charge in [-0.15, -0.1) is 5.10 Å². The summed E-state index contributed by atoms with van der Waals surface area (Å²) >= 11 is 0. The van der Waals surface area contributed by atoms with Gasteiger partial charge in [-0.2, -0.15) is 4.68 Å². The van der Waals surface area contributed by atoms with Crippen molar-refractivity contribution in [2.24, 2.45) is 5.92 Å². The van der Waals surface area contributed by atoms with E-state index in [1.54, 1.807) is 11.8 Å². The highest BCUT2D eigenvalue weighted by Crippen LogP contribution is 2.23. The first kappa shape index (κ1) is 18.1. The number of nitrogens with zero attached hydrogens (tertiary/aromatic N) is 5. The van der Waals surface area contributed by atoms with Crippen LogP contribution in [-0.2, 0) is 6.42 Å². The number of halogens is 1. The number of benzene rings is 2. The minimum Gasteiger partial charge on any atom is -0.324 e. The molecule has 1 saturated heterocycles. The van der Waals surface area contributed by atoms with E-state index >= 15 is 0 Å². The largest absolute Gasteiger partial charge is 0.324 e. The van der Waals surface area contributed by atoms with Crippen LogP contribution < -0.4 is 5.32 Å². The van der Waals surface area contributed by atoms with Gasteiger partial charge in [0.2, 0.25) is 0 Å². The van der Waals surface area contributed by atoms with Crippen molar-refractivity contribution in [2.75, 3.05) is 18.4 Å². The van der Waals surface area contributed by atoms with Gasteiger partial charge >= 0.3 is 6.03 Å². The summed E-state index contributed by atoms with van der Waals surface area (Å²) in [5, 5.41) is 13.9. The predicted molar refractivity (Wildman–Crippen MR) is 103 cm³/mol. The number of hydrogen-bond acceptors (Lipinski definition) is 4. The van der Waals surface area contributed by atoms with Crippen molar-refractivity contribution in [1.29, 1.82) is 0 Å². The average Bonchev–Trinajstić information content (AvgIpc) is 3.06. The summed E-state index contributed by atoms with van der Waals surface area (Å²) in [6, 6.07) is 12.7. The van der Waals surface area contributed by atoms with Crippen LogP contribution in [0.3, 0.4) is 0 Å². The number of nitrogens with one attached hydrogen (secondary N) is 1. The van der Waals surface area contributed by atoms with Crippen LogP contribution in [0.25, 0.3) is 5.69 Å². The van der Waals surface area contributed by atoms with Crippen LogP contribution in [0.2, 0.25) is 0 Å². The number of urea groups is 1. The average molecular weight is 380 g/mol. The van der Waals surface area contributed by atoms with E-state index in [2.05, 4.69) is 52.0 Å². The molecule has 0 radical (unpaired) electrons. The molecule has 3 aromatic rings. The highest BCUT2D eigenvalue weighted by Gasteiger charge is 2.30. The Labute approximate surface area is 162 Å². The number of rotatable bonds is 4. The maximum absolute atomic E-state index is 14.1. The Hall–Kier alpha value is -3.29. The van der Waals surface area contributed by atoms with Gasteiger partial charge in [-0.25, -0.2) is 9.18 Å². The first-order chi connectivity index (χ1) is 13.5. The topological polar surface area (TPSA) is 75.9 Å². The maximum atomic E-state index is 14.1. The Morgan fingerprint density at radius 1 is 1.18 bits per heavy atom. The quantitative estimate of drug-likeness (QED) is 0.755. The zero-order chi connectivity index (χ0) is 19.7. The molecule has 0 spiro atoms. The van der Waals surface area contributed by atoms with E-state index in [0.717, 1.165) is 6.42 Å². The zero-order valence-corrected chi connectivity index (χ0v) is 15.8. The lowest BCUT2D eigenvalue weighted by atomic mass is 9.92. The predicted octanol–water partition coefficient (Wildman–Crippen LogP) is 3.12. The van der Waals surface area contributed by atoms with Crippen molar-refractivity contribution < 1.29 is 9.18 Å². The van der Waals surface area contributed by atoms with Crippen LogP contribution in [-0.4, -0.2) is 44.2 Å². The van der Waals surface area contributed by atoms with Gasteiger partial charge in [-0.3, -0.25) is 0 Å². The zero-order valence-electron chi connectivity index (χ0n) is 15.8. The molecule has 1 fully saturated rings. The number of carbonyl (C=O) groups is 1. The first-order valence-electron chi connectivity index (χ1n) is 9.16. The van der Waals surface area contributed by atoms with Crippen LogP contribution in [0.15, 0.2) is 42.5 Å². The number of aryl methyl sites for hydroxylation is 2. The van der Waals surface area contributed by atoms with Gasteiger partial charge in [-0.1, -0.05) is 29.8 Å². The summed E-state index contributed by atoms with van der Waals surface area (Å²) in [4.78, 5) is 14.2. The van der Waals surface area contributed by atoms with Crippen molar-refractivity contribution in [3.05, 3.63) is 65.2 Å². The molecule has 7 nitrogen and oxygen atoms in total. The van der Waals surface area contributed by atoms with E-state index in [0.29, 0.717) is 30.5 Å². The number of anilines is 1. The number of carbonyl (C=O) groups excluding carboxylic acids is 1. The molecule has 0 unspecified atom stereocenters. The van der Waals surface area contributed by atoms with Gasteiger partial charge in [0.25, 0.3) is 0 Å². The minimum atomic E-state index is -0.462. The Morgan fingerprint density at radius 3 is 2.61 bits per heavy atom. The van der Waals surface area contributed by atoms with Gasteiger partial charge in [0.1, 0.15) is 11.5 Å². The van der Waals surface area contributed by atoms with Gasteiger partial charge in [0, 0.05) is 18.8 Å². The highest BCUT2D eigenvalue weighted by atomic mass is 19.1. The van der Waals surface area contributed by atoms with Crippen LogP contribution in [0.4, 0.5) is 14.9 Å². The van der Waals surface area contributed by atoms with Crippen LogP contribution in [0.1, 0.15) is 17.0 Å². The lowest BCUT2D eigenvalue weighted by molar-refractivity contribution is 0.131.